The summed E-state index contributed by atoms with van der Waals surface area (Å²) in [7, 11) is 1.56. The first-order chi connectivity index (χ1) is 10.5. The number of hydrogen-bond acceptors (Lipinski definition) is 5. The van der Waals surface area contributed by atoms with Crippen LogP contribution in [-0.2, 0) is 19.1 Å². The first-order valence-corrected chi connectivity index (χ1v) is 7.84. The van der Waals surface area contributed by atoms with Gasteiger partial charge in [0.1, 0.15) is 11.3 Å². The summed E-state index contributed by atoms with van der Waals surface area (Å²) in [5.74, 6) is -1.61. The molecule has 22 heavy (non-hydrogen) atoms. The van der Waals surface area contributed by atoms with E-state index in [4.69, 9.17) is 14.2 Å². The summed E-state index contributed by atoms with van der Waals surface area (Å²) in [6.45, 7) is 0. The monoisotopic (exact) mass is 366 g/mol. The van der Waals surface area contributed by atoms with Gasteiger partial charge >= 0.3 is 11.9 Å². The van der Waals surface area contributed by atoms with E-state index in [0.717, 1.165) is 17.3 Å². The SMILES string of the molecule is COc1ccc(C=C2C(=O)OC3(CCCC3)OC2=O)cc1Br. The molecule has 1 aliphatic heterocycles. The molecule has 2 aliphatic rings. The van der Waals surface area contributed by atoms with E-state index >= 15 is 0 Å². The van der Waals surface area contributed by atoms with Crippen LogP contribution in [0.5, 0.6) is 5.75 Å². The van der Waals surface area contributed by atoms with Gasteiger partial charge in [-0.15, -0.1) is 0 Å². The smallest absolute Gasteiger partial charge is 0.348 e. The van der Waals surface area contributed by atoms with Gasteiger partial charge in [0.15, 0.2) is 0 Å². The van der Waals surface area contributed by atoms with Crippen molar-refractivity contribution in [3.8, 4) is 5.75 Å². The molecule has 1 heterocycles. The number of rotatable bonds is 2. The molecule has 5 nitrogen and oxygen atoms in total. The van der Waals surface area contributed by atoms with E-state index in [2.05, 4.69) is 15.9 Å². The minimum atomic E-state index is -1.04. The number of hydrogen-bond donors (Lipinski definition) is 0. The van der Waals surface area contributed by atoms with Crippen molar-refractivity contribution in [2.75, 3.05) is 7.11 Å². The third-order valence-electron chi connectivity index (χ3n) is 3.85. The van der Waals surface area contributed by atoms with E-state index in [0.29, 0.717) is 24.2 Å². The van der Waals surface area contributed by atoms with E-state index in [1.165, 1.54) is 6.08 Å². The van der Waals surface area contributed by atoms with Gasteiger partial charge in [0, 0.05) is 12.8 Å². The molecule has 0 amide bonds. The fraction of sp³-hybridized carbons (Fsp3) is 0.375. The molecule has 0 atom stereocenters. The van der Waals surface area contributed by atoms with Crippen molar-refractivity contribution < 1.29 is 23.8 Å². The average Bonchev–Trinajstić information content (AvgIpc) is 2.91. The van der Waals surface area contributed by atoms with Crippen molar-refractivity contribution in [1.82, 2.24) is 0 Å². The lowest BCUT2D eigenvalue weighted by Crippen LogP contribution is -2.44. The standard InChI is InChI=1S/C16H15BrO5/c1-20-13-5-4-10(9-12(13)17)8-11-14(18)21-16(22-15(11)19)6-2-3-7-16/h4-5,8-9H,2-3,6-7H2,1H3. The Labute approximate surface area is 136 Å². The summed E-state index contributed by atoms with van der Waals surface area (Å²) in [5.41, 5.74) is 0.591. The Hall–Kier alpha value is -1.82. The molecule has 2 fully saturated rings. The van der Waals surface area contributed by atoms with Gasteiger partial charge in [0.25, 0.3) is 5.79 Å². The molecule has 1 aromatic carbocycles. The lowest BCUT2D eigenvalue weighted by atomic mass is 10.1. The summed E-state index contributed by atoms with van der Waals surface area (Å²) < 4.78 is 16.6. The van der Waals surface area contributed by atoms with Crippen LogP contribution in [-0.4, -0.2) is 24.8 Å². The first kappa shape index (κ1) is 15.1. The number of carbonyl (C=O) groups excluding carboxylic acids is 2. The lowest BCUT2D eigenvalue weighted by molar-refractivity contribution is -0.232. The molecule has 116 valence electrons. The van der Waals surface area contributed by atoms with Crippen molar-refractivity contribution in [2.24, 2.45) is 0 Å². The van der Waals surface area contributed by atoms with Gasteiger partial charge in [-0.3, -0.25) is 0 Å². The van der Waals surface area contributed by atoms with Crippen LogP contribution < -0.4 is 4.74 Å². The number of esters is 2. The van der Waals surface area contributed by atoms with E-state index in [-0.39, 0.29) is 5.57 Å². The van der Waals surface area contributed by atoms with E-state index in [1.54, 1.807) is 25.3 Å². The van der Waals surface area contributed by atoms with Gasteiger partial charge in [-0.05, 0) is 52.5 Å². The molecule has 1 aromatic rings. The van der Waals surface area contributed by atoms with Crippen LogP contribution in [0.25, 0.3) is 6.08 Å². The minimum absolute atomic E-state index is 0.0883. The molecular formula is C16H15BrO5. The Morgan fingerprint density at radius 1 is 1.18 bits per heavy atom. The maximum absolute atomic E-state index is 12.2. The largest absolute Gasteiger partial charge is 0.496 e. The molecule has 0 N–H and O–H groups in total. The van der Waals surface area contributed by atoms with Crippen LogP contribution >= 0.6 is 15.9 Å². The molecule has 6 heteroatoms. The molecule has 0 aromatic heterocycles. The zero-order valence-corrected chi connectivity index (χ0v) is 13.6. The van der Waals surface area contributed by atoms with E-state index < -0.39 is 17.7 Å². The summed E-state index contributed by atoms with van der Waals surface area (Å²) in [6, 6.07) is 5.25. The molecular weight excluding hydrogens is 352 g/mol. The first-order valence-electron chi connectivity index (χ1n) is 7.05. The molecule has 1 saturated heterocycles. The van der Waals surface area contributed by atoms with Crippen molar-refractivity contribution in [3.05, 3.63) is 33.8 Å². The Bertz CT molecular complexity index is 637. The second-order valence-corrected chi connectivity index (χ2v) is 6.20. The summed E-state index contributed by atoms with van der Waals surface area (Å²) in [6.07, 6.45) is 4.41. The maximum atomic E-state index is 12.2. The molecule has 1 aliphatic carbocycles. The molecule has 1 saturated carbocycles. The molecule has 0 radical (unpaired) electrons. The highest BCUT2D eigenvalue weighted by Gasteiger charge is 2.47. The third kappa shape index (κ3) is 2.75. The predicted octanol–water partition coefficient (Wildman–Crippen LogP) is 3.21. The normalized spacial score (nSPS) is 19.8. The lowest BCUT2D eigenvalue weighted by Gasteiger charge is -2.32. The van der Waals surface area contributed by atoms with Gasteiger partial charge in [0.2, 0.25) is 0 Å². The topological polar surface area (TPSA) is 61.8 Å². The van der Waals surface area contributed by atoms with E-state index in [9.17, 15) is 9.59 Å². The zero-order valence-electron chi connectivity index (χ0n) is 12.1. The number of carbonyl (C=O) groups is 2. The number of methoxy groups -OCH3 is 1. The van der Waals surface area contributed by atoms with Crippen LogP contribution in [0, 0.1) is 0 Å². The van der Waals surface area contributed by atoms with Crippen molar-refractivity contribution >= 4 is 33.9 Å². The quantitative estimate of drug-likeness (QED) is 0.456. The summed E-state index contributed by atoms with van der Waals surface area (Å²) in [5, 5.41) is 0. The number of ether oxygens (including phenoxy) is 3. The molecule has 0 bridgehead atoms. The van der Waals surface area contributed by atoms with Crippen LogP contribution in [0.3, 0.4) is 0 Å². The van der Waals surface area contributed by atoms with Crippen LogP contribution in [0.1, 0.15) is 31.2 Å². The highest BCUT2D eigenvalue weighted by Crippen LogP contribution is 2.38. The van der Waals surface area contributed by atoms with Crippen LogP contribution in [0.2, 0.25) is 0 Å². The Kier molecular flexibility index (Phi) is 3.95. The fourth-order valence-corrected chi connectivity index (χ4v) is 3.29. The molecule has 3 rings (SSSR count). The number of halogens is 1. The Morgan fingerprint density at radius 3 is 2.36 bits per heavy atom. The van der Waals surface area contributed by atoms with Gasteiger partial charge in [-0.1, -0.05) is 6.07 Å². The number of benzene rings is 1. The van der Waals surface area contributed by atoms with E-state index in [1.807, 2.05) is 0 Å². The molecule has 0 unspecified atom stereocenters. The maximum Gasteiger partial charge on any atom is 0.348 e. The van der Waals surface area contributed by atoms with Gasteiger partial charge in [-0.2, -0.15) is 0 Å². The third-order valence-corrected chi connectivity index (χ3v) is 4.47. The minimum Gasteiger partial charge on any atom is -0.496 e. The second-order valence-electron chi connectivity index (χ2n) is 5.35. The molecule has 1 spiro atoms. The Balaban J connectivity index is 1.87. The van der Waals surface area contributed by atoms with Crippen LogP contribution in [0.4, 0.5) is 0 Å². The van der Waals surface area contributed by atoms with Crippen LogP contribution in [0.15, 0.2) is 28.2 Å². The summed E-state index contributed by atoms with van der Waals surface area (Å²) >= 11 is 3.36. The van der Waals surface area contributed by atoms with Crippen molar-refractivity contribution in [1.29, 1.82) is 0 Å². The fourth-order valence-electron chi connectivity index (χ4n) is 2.73. The van der Waals surface area contributed by atoms with Crippen molar-refractivity contribution in [3.63, 3.8) is 0 Å². The predicted molar refractivity (Wildman–Crippen MR) is 82.1 cm³/mol. The second kappa shape index (κ2) is 5.76. The summed E-state index contributed by atoms with van der Waals surface area (Å²) in [4.78, 5) is 24.3. The highest BCUT2D eigenvalue weighted by molar-refractivity contribution is 9.10. The Morgan fingerprint density at radius 2 is 1.82 bits per heavy atom. The zero-order chi connectivity index (χ0) is 15.7. The highest BCUT2D eigenvalue weighted by atomic mass is 79.9. The van der Waals surface area contributed by atoms with Crippen molar-refractivity contribution in [2.45, 2.75) is 31.5 Å². The average molecular weight is 367 g/mol. The van der Waals surface area contributed by atoms with Gasteiger partial charge in [0.05, 0.1) is 11.6 Å². The van der Waals surface area contributed by atoms with Gasteiger partial charge in [-0.25, -0.2) is 9.59 Å². The van der Waals surface area contributed by atoms with Gasteiger partial charge < -0.3 is 14.2 Å².